The predicted octanol–water partition coefficient (Wildman–Crippen LogP) is 4.91. The van der Waals surface area contributed by atoms with Gasteiger partial charge >= 0.3 is 0 Å². The highest BCUT2D eigenvalue weighted by Crippen LogP contribution is 2.34. The molecule has 1 amide bonds. The standard InChI is InChI=1S/C22H21N3O2S/c1-3-12-25-21(26)20(15-17-5-4-6-19(14-17)27-13-11-23)28-22(25)24-18-9-7-16(2)8-10-18/h4-10,14-15H,3,12-13H2,1-2H3/b20-15+,24-22?. The molecule has 1 saturated heterocycles. The number of carbonyl (C=O) groups is 1. The summed E-state index contributed by atoms with van der Waals surface area (Å²) in [4.78, 5) is 19.9. The maximum Gasteiger partial charge on any atom is 0.266 e. The van der Waals surface area contributed by atoms with Crippen LogP contribution in [0.4, 0.5) is 5.69 Å². The molecule has 0 unspecified atom stereocenters. The van der Waals surface area contributed by atoms with Gasteiger partial charge in [-0.1, -0.05) is 36.8 Å². The van der Waals surface area contributed by atoms with Crippen molar-refractivity contribution in [2.45, 2.75) is 20.3 Å². The summed E-state index contributed by atoms with van der Waals surface area (Å²) < 4.78 is 5.34. The van der Waals surface area contributed by atoms with Crippen LogP contribution in [0.5, 0.6) is 5.75 Å². The van der Waals surface area contributed by atoms with E-state index in [9.17, 15) is 4.79 Å². The Balaban J connectivity index is 1.88. The molecular formula is C22H21N3O2S. The number of amidine groups is 1. The van der Waals surface area contributed by atoms with E-state index in [0.717, 1.165) is 17.7 Å². The van der Waals surface area contributed by atoms with Crippen LogP contribution in [0.3, 0.4) is 0 Å². The van der Waals surface area contributed by atoms with Crippen LogP contribution in [0.2, 0.25) is 0 Å². The number of rotatable bonds is 6. The van der Waals surface area contributed by atoms with E-state index in [4.69, 9.17) is 10.00 Å². The molecule has 2 aromatic rings. The zero-order valence-electron chi connectivity index (χ0n) is 15.9. The minimum Gasteiger partial charge on any atom is -0.479 e. The number of aryl methyl sites for hydroxylation is 1. The highest BCUT2D eigenvalue weighted by molar-refractivity contribution is 8.18. The van der Waals surface area contributed by atoms with Crippen LogP contribution >= 0.6 is 11.8 Å². The van der Waals surface area contributed by atoms with Crippen molar-refractivity contribution in [2.24, 2.45) is 4.99 Å². The fraction of sp³-hybridized carbons (Fsp3) is 0.227. The molecule has 142 valence electrons. The SMILES string of the molecule is CCCN1C(=O)/C(=C\c2cccc(OCC#N)c2)SC1=Nc1ccc(C)cc1. The molecule has 0 saturated carbocycles. The largest absolute Gasteiger partial charge is 0.479 e. The van der Waals surface area contributed by atoms with Gasteiger partial charge in [-0.2, -0.15) is 5.26 Å². The zero-order chi connectivity index (χ0) is 19.9. The van der Waals surface area contributed by atoms with Crippen molar-refractivity contribution in [2.75, 3.05) is 13.2 Å². The number of nitrogens with zero attached hydrogens (tertiary/aromatic N) is 3. The number of amides is 1. The van der Waals surface area contributed by atoms with Crippen LogP contribution in [-0.2, 0) is 4.79 Å². The van der Waals surface area contributed by atoms with E-state index in [1.54, 1.807) is 11.0 Å². The van der Waals surface area contributed by atoms with Crippen molar-refractivity contribution in [1.29, 1.82) is 5.26 Å². The van der Waals surface area contributed by atoms with E-state index in [1.165, 1.54) is 17.3 Å². The third-order valence-corrected chi connectivity index (χ3v) is 5.06. The number of ether oxygens (including phenoxy) is 1. The third-order valence-electron chi connectivity index (χ3n) is 4.05. The molecule has 0 atom stereocenters. The van der Waals surface area contributed by atoms with Crippen molar-refractivity contribution in [3.8, 4) is 11.8 Å². The molecule has 3 rings (SSSR count). The van der Waals surface area contributed by atoms with Crippen molar-refractivity contribution < 1.29 is 9.53 Å². The molecule has 0 radical (unpaired) electrons. The first-order valence-corrected chi connectivity index (χ1v) is 9.89. The molecule has 5 nitrogen and oxygen atoms in total. The van der Waals surface area contributed by atoms with E-state index in [-0.39, 0.29) is 12.5 Å². The van der Waals surface area contributed by atoms with Crippen LogP contribution in [0.25, 0.3) is 6.08 Å². The Bertz CT molecular complexity index is 958. The molecule has 28 heavy (non-hydrogen) atoms. The van der Waals surface area contributed by atoms with E-state index >= 15 is 0 Å². The van der Waals surface area contributed by atoms with Crippen LogP contribution < -0.4 is 4.74 Å². The highest BCUT2D eigenvalue weighted by atomic mass is 32.2. The number of nitriles is 1. The fourth-order valence-electron chi connectivity index (χ4n) is 2.70. The summed E-state index contributed by atoms with van der Waals surface area (Å²) in [6.45, 7) is 4.69. The van der Waals surface area contributed by atoms with Crippen molar-refractivity contribution in [1.82, 2.24) is 4.90 Å². The lowest BCUT2D eigenvalue weighted by atomic mass is 10.2. The first kappa shape index (κ1) is 19.7. The average Bonchev–Trinajstić information content (AvgIpc) is 2.97. The molecule has 0 aromatic heterocycles. The summed E-state index contributed by atoms with van der Waals surface area (Å²) in [6.07, 6.45) is 2.69. The lowest BCUT2D eigenvalue weighted by Gasteiger charge is -2.13. The maximum absolute atomic E-state index is 12.9. The summed E-state index contributed by atoms with van der Waals surface area (Å²) in [7, 11) is 0. The lowest BCUT2D eigenvalue weighted by molar-refractivity contribution is -0.122. The summed E-state index contributed by atoms with van der Waals surface area (Å²) >= 11 is 1.38. The molecule has 1 heterocycles. The number of carbonyl (C=O) groups excluding carboxylic acids is 1. The molecule has 6 heteroatoms. The van der Waals surface area contributed by atoms with Crippen LogP contribution in [0, 0.1) is 18.3 Å². The highest BCUT2D eigenvalue weighted by Gasteiger charge is 2.32. The van der Waals surface area contributed by atoms with Gasteiger partial charge in [0.25, 0.3) is 5.91 Å². The summed E-state index contributed by atoms with van der Waals surface area (Å²) in [5.74, 6) is 0.561. The lowest BCUT2D eigenvalue weighted by Crippen LogP contribution is -2.29. The number of hydrogen-bond donors (Lipinski definition) is 0. The quantitative estimate of drug-likeness (QED) is 0.656. The number of aliphatic imine (C=N–C) groups is 1. The van der Waals surface area contributed by atoms with Gasteiger partial charge in [-0.3, -0.25) is 9.69 Å². The van der Waals surface area contributed by atoms with E-state index < -0.39 is 0 Å². The second kappa shape index (κ2) is 9.25. The number of thioether (sulfide) groups is 1. The molecule has 1 aliphatic heterocycles. The normalized spacial score (nSPS) is 16.6. The van der Waals surface area contributed by atoms with Crippen molar-refractivity contribution >= 4 is 34.6 Å². The summed E-state index contributed by atoms with van der Waals surface area (Å²) in [5, 5.41) is 9.35. The molecule has 0 N–H and O–H groups in total. The number of hydrogen-bond acceptors (Lipinski definition) is 5. The van der Waals surface area contributed by atoms with Crippen LogP contribution in [0.15, 0.2) is 58.4 Å². The molecule has 0 aliphatic carbocycles. The second-order valence-electron chi connectivity index (χ2n) is 6.32. The number of benzene rings is 2. The Kier molecular flexibility index (Phi) is 6.51. The van der Waals surface area contributed by atoms with Gasteiger partial charge in [0.15, 0.2) is 11.8 Å². The van der Waals surface area contributed by atoms with E-state index in [0.29, 0.717) is 22.4 Å². The van der Waals surface area contributed by atoms with Gasteiger partial charge in [0.05, 0.1) is 10.6 Å². The zero-order valence-corrected chi connectivity index (χ0v) is 16.7. The van der Waals surface area contributed by atoms with Crippen molar-refractivity contribution in [3.05, 3.63) is 64.6 Å². The van der Waals surface area contributed by atoms with E-state index in [2.05, 4.69) is 4.99 Å². The topological polar surface area (TPSA) is 65.7 Å². The smallest absolute Gasteiger partial charge is 0.266 e. The van der Waals surface area contributed by atoms with Gasteiger partial charge in [-0.05, 0) is 61.0 Å². The van der Waals surface area contributed by atoms with Gasteiger partial charge in [0.1, 0.15) is 11.8 Å². The van der Waals surface area contributed by atoms with Gasteiger partial charge < -0.3 is 4.74 Å². The summed E-state index contributed by atoms with van der Waals surface area (Å²) in [5.41, 5.74) is 2.85. The molecule has 0 spiro atoms. The van der Waals surface area contributed by atoms with Gasteiger partial charge in [0.2, 0.25) is 0 Å². The Labute approximate surface area is 169 Å². The Morgan fingerprint density at radius 1 is 1.25 bits per heavy atom. The molecule has 0 bridgehead atoms. The van der Waals surface area contributed by atoms with Crippen LogP contribution in [-0.4, -0.2) is 29.1 Å². The monoisotopic (exact) mass is 391 g/mol. The van der Waals surface area contributed by atoms with E-state index in [1.807, 2.05) is 68.5 Å². The molecule has 2 aromatic carbocycles. The van der Waals surface area contributed by atoms with Gasteiger partial charge in [-0.25, -0.2) is 4.99 Å². The Morgan fingerprint density at radius 2 is 2.04 bits per heavy atom. The second-order valence-corrected chi connectivity index (χ2v) is 7.33. The first-order chi connectivity index (χ1) is 13.6. The van der Waals surface area contributed by atoms with Gasteiger partial charge in [-0.15, -0.1) is 0 Å². The van der Waals surface area contributed by atoms with Crippen molar-refractivity contribution in [3.63, 3.8) is 0 Å². The fourth-order valence-corrected chi connectivity index (χ4v) is 3.73. The molecular weight excluding hydrogens is 370 g/mol. The maximum atomic E-state index is 12.9. The summed E-state index contributed by atoms with van der Waals surface area (Å²) in [6, 6.07) is 17.2. The average molecular weight is 391 g/mol. The molecule has 1 aliphatic rings. The first-order valence-electron chi connectivity index (χ1n) is 9.07. The van der Waals surface area contributed by atoms with Crippen LogP contribution in [0.1, 0.15) is 24.5 Å². The minimum atomic E-state index is -0.0407. The predicted molar refractivity (Wildman–Crippen MR) is 113 cm³/mol. The Hall–Kier alpha value is -3.04. The minimum absolute atomic E-state index is 0.00859. The Morgan fingerprint density at radius 3 is 2.75 bits per heavy atom. The third kappa shape index (κ3) is 4.81. The van der Waals surface area contributed by atoms with Gasteiger partial charge in [0, 0.05) is 6.54 Å². The molecule has 1 fully saturated rings.